The second-order valence-corrected chi connectivity index (χ2v) is 5.92. The first-order valence-corrected chi connectivity index (χ1v) is 6.66. The lowest BCUT2D eigenvalue weighted by Crippen LogP contribution is -2.40. The normalized spacial score (nSPS) is 16.9. The molecule has 1 fully saturated rings. The average Bonchev–Trinajstić information content (AvgIpc) is 2.38. The largest absolute Gasteiger partial charge is 0.457 e. The number of rotatable bonds is 3. The van der Waals surface area contributed by atoms with E-state index in [-0.39, 0.29) is 4.32 Å². The number of benzene rings is 2. The Bertz CT molecular complexity index is 518. The van der Waals surface area contributed by atoms with Crippen molar-refractivity contribution in [1.82, 2.24) is 0 Å². The number of halogens is 1. The van der Waals surface area contributed by atoms with Gasteiger partial charge in [0.2, 0.25) is 0 Å². The van der Waals surface area contributed by atoms with Gasteiger partial charge in [0.25, 0.3) is 0 Å². The second kappa shape index (κ2) is 4.75. The first kappa shape index (κ1) is 11.8. The predicted octanol–water partition coefficient (Wildman–Crippen LogP) is 4.10. The van der Waals surface area contributed by atoms with E-state index in [1.54, 1.807) is 0 Å². The molecule has 0 radical (unpaired) electrons. The molecule has 3 heteroatoms. The minimum Gasteiger partial charge on any atom is -0.457 e. The Morgan fingerprint density at radius 1 is 0.889 bits per heavy atom. The van der Waals surface area contributed by atoms with Gasteiger partial charge in [-0.25, -0.2) is 0 Å². The summed E-state index contributed by atoms with van der Waals surface area (Å²) >= 11 is 3.70. The molecule has 1 aliphatic rings. The Morgan fingerprint density at radius 3 is 2.06 bits per heavy atom. The minimum absolute atomic E-state index is 0.00171. The monoisotopic (exact) mass is 304 g/mol. The van der Waals surface area contributed by atoms with Gasteiger partial charge in [0, 0.05) is 0 Å². The average molecular weight is 305 g/mol. The summed E-state index contributed by atoms with van der Waals surface area (Å²) in [5, 5.41) is 0. The van der Waals surface area contributed by atoms with Gasteiger partial charge >= 0.3 is 0 Å². The molecule has 1 heterocycles. The zero-order chi connectivity index (χ0) is 12.4. The molecule has 0 N–H and O–H groups in total. The first-order valence-electron chi connectivity index (χ1n) is 5.86. The predicted molar refractivity (Wildman–Crippen MR) is 74.4 cm³/mol. The van der Waals surface area contributed by atoms with E-state index in [1.807, 2.05) is 42.5 Å². The van der Waals surface area contributed by atoms with E-state index in [2.05, 4.69) is 28.1 Å². The van der Waals surface area contributed by atoms with Gasteiger partial charge in [-0.05, 0) is 29.8 Å². The van der Waals surface area contributed by atoms with E-state index in [0.717, 1.165) is 24.7 Å². The van der Waals surface area contributed by atoms with Crippen molar-refractivity contribution in [2.75, 3.05) is 13.2 Å². The Balaban J connectivity index is 1.75. The number of para-hydroxylation sites is 1. The van der Waals surface area contributed by atoms with E-state index < -0.39 is 0 Å². The molecule has 0 unspecified atom stereocenters. The summed E-state index contributed by atoms with van der Waals surface area (Å²) < 4.78 is 11.0. The molecule has 2 aromatic rings. The van der Waals surface area contributed by atoms with Crippen LogP contribution in [0, 0.1) is 0 Å². The van der Waals surface area contributed by atoms with Crippen molar-refractivity contribution < 1.29 is 9.47 Å². The molecule has 2 nitrogen and oxygen atoms in total. The Hall–Kier alpha value is -1.32. The number of ether oxygens (including phenoxy) is 2. The third kappa shape index (κ3) is 2.28. The van der Waals surface area contributed by atoms with E-state index in [4.69, 9.17) is 9.47 Å². The fraction of sp³-hybridized carbons (Fsp3) is 0.200. The van der Waals surface area contributed by atoms with Crippen LogP contribution < -0.4 is 4.74 Å². The Morgan fingerprint density at radius 2 is 1.50 bits per heavy atom. The van der Waals surface area contributed by atoms with Crippen LogP contribution in [0.25, 0.3) is 0 Å². The molecule has 0 spiro atoms. The SMILES string of the molecule is BrC1(c2ccc(Oc3ccccc3)cc2)COC1. The van der Waals surface area contributed by atoms with E-state index in [1.165, 1.54) is 5.56 Å². The van der Waals surface area contributed by atoms with Crippen molar-refractivity contribution >= 4 is 15.9 Å². The molecule has 2 aromatic carbocycles. The summed E-state index contributed by atoms with van der Waals surface area (Å²) in [6.45, 7) is 1.46. The van der Waals surface area contributed by atoms with Crippen molar-refractivity contribution in [3.63, 3.8) is 0 Å². The van der Waals surface area contributed by atoms with Crippen molar-refractivity contribution in [2.24, 2.45) is 0 Å². The van der Waals surface area contributed by atoms with Gasteiger partial charge in [0.1, 0.15) is 11.5 Å². The zero-order valence-corrected chi connectivity index (χ0v) is 11.4. The van der Waals surface area contributed by atoms with Crippen molar-refractivity contribution in [3.8, 4) is 11.5 Å². The standard InChI is InChI=1S/C15H13BrO2/c16-15(10-17-11-15)12-6-8-14(9-7-12)18-13-4-2-1-3-5-13/h1-9H,10-11H2. The molecule has 3 rings (SSSR count). The molecule has 1 aliphatic heterocycles. The van der Waals surface area contributed by atoms with Gasteiger partial charge < -0.3 is 9.47 Å². The molecule has 0 saturated carbocycles. The summed E-state index contributed by atoms with van der Waals surface area (Å²) in [4.78, 5) is 0. The van der Waals surface area contributed by atoms with Crippen molar-refractivity contribution in [2.45, 2.75) is 4.32 Å². The highest BCUT2D eigenvalue weighted by Gasteiger charge is 2.37. The molecule has 0 amide bonds. The van der Waals surface area contributed by atoms with Crippen LogP contribution >= 0.6 is 15.9 Å². The maximum Gasteiger partial charge on any atom is 0.127 e. The summed E-state index contributed by atoms with van der Waals surface area (Å²) in [6, 6.07) is 17.9. The van der Waals surface area contributed by atoms with Gasteiger partial charge in [0.15, 0.2) is 0 Å². The van der Waals surface area contributed by atoms with E-state index in [0.29, 0.717) is 0 Å². The molecular formula is C15H13BrO2. The highest BCUT2D eigenvalue weighted by atomic mass is 79.9. The van der Waals surface area contributed by atoms with Gasteiger partial charge in [-0.3, -0.25) is 0 Å². The highest BCUT2D eigenvalue weighted by molar-refractivity contribution is 9.09. The van der Waals surface area contributed by atoms with Gasteiger partial charge in [-0.1, -0.05) is 46.3 Å². The maximum atomic E-state index is 5.75. The number of alkyl halides is 1. The fourth-order valence-corrected chi connectivity index (χ4v) is 2.48. The molecule has 1 saturated heterocycles. The number of hydrogen-bond acceptors (Lipinski definition) is 2. The Kier molecular flexibility index (Phi) is 3.10. The van der Waals surface area contributed by atoms with Crippen LogP contribution in [0.4, 0.5) is 0 Å². The van der Waals surface area contributed by atoms with Crippen LogP contribution in [-0.4, -0.2) is 13.2 Å². The number of hydrogen-bond donors (Lipinski definition) is 0. The smallest absolute Gasteiger partial charge is 0.127 e. The Labute approximate surface area is 115 Å². The van der Waals surface area contributed by atoms with Crippen molar-refractivity contribution in [3.05, 3.63) is 60.2 Å². The fourth-order valence-electron chi connectivity index (χ4n) is 1.89. The lowest BCUT2D eigenvalue weighted by molar-refractivity contribution is -0.00699. The molecule has 92 valence electrons. The lowest BCUT2D eigenvalue weighted by Gasteiger charge is -2.36. The first-order chi connectivity index (χ1) is 8.76. The quantitative estimate of drug-likeness (QED) is 0.795. The summed E-state index contributed by atoms with van der Waals surface area (Å²) in [5.41, 5.74) is 1.23. The van der Waals surface area contributed by atoms with Crippen LogP contribution in [0.2, 0.25) is 0 Å². The van der Waals surface area contributed by atoms with Crippen LogP contribution in [-0.2, 0) is 9.06 Å². The third-order valence-electron chi connectivity index (χ3n) is 3.01. The van der Waals surface area contributed by atoms with Crippen molar-refractivity contribution in [1.29, 1.82) is 0 Å². The molecule has 0 aliphatic carbocycles. The van der Waals surface area contributed by atoms with Gasteiger partial charge in [-0.15, -0.1) is 0 Å². The lowest BCUT2D eigenvalue weighted by atomic mass is 9.97. The van der Waals surface area contributed by atoms with Gasteiger partial charge in [0.05, 0.1) is 17.5 Å². The summed E-state index contributed by atoms with van der Waals surface area (Å²) in [7, 11) is 0. The second-order valence-electron chi connectivity index (χ2n) is 4.40. The summed E-state index contributed by atoms with van der Waals surface area (Å²) in [6.07, 6.45) is 0. The zero-order valence-electron chi connectivity index (χ0n) is 9.80. The van der Waals surface area contributed by atoms with E-state index >= 15 is 0 Å². The topological polar surface area (TPSA) is 18.5 Å². The van der Waals surface area contributed by atoms with E-state index in [9.17, 15) is 0 Å². The van der Waals surface area contributed by atoms with Crippen LogP contribution in [0.15, 0.2) is 54.6 Å². The molecule has 0 aromatic heterocycles. The van der Waals surface area contributed by atoms with Crippen LogP contribution in [0.1, 0.15) is 5.56 Å². The maximum absolute atomic E-state index is 5.75. The molecule has 0 bridgehead atoms. The minimum atomic E-state index is -0.00171. The van der Waals surface area contributed by atoms with Crippen LogP contribution in [0.3, 0.4) is 0 Å². The van der Waals surface area contributed by atoms with Crippen LogP contribution in [0.5, 0.6) is 11.5 Å². The highest BCUT2D eigenvalue weighted by Crippen LogP contribution is 2.39. The third-order valence-corrected chi connectivity index (χ3v) is 3.93. The molecular weight excluding hydrogens is 292 g/mol. The molecule has 0 atom stereocenters. The summed E-state index contributed by atoms with van der Waals surface area (Å²) in [5.74, 6) is 1.70. The molecule has 18 heavy (non-hydrogen) atoms. The van der Waals surface area contributed by atoms with Gasteiger partial charge in [-0.2, -0.15) is 0 Å².